The molecule has 0 unspecified atom stereocenters. The van der Waals surface area contributed by atoms with Crippen molar-refractivity contribution in [2.45, 2.75) is 0 Å². The van der Waals surface area contributed by atoms with E-state index in [9.17, 15) is 20.1 Å². The lowest BCUT2D eigenvalue weighted by Crippen LogP contribution is -2.29. The van der Waals surface area contributed by atoms with Crippen molar-refractivity contribution < 1.29 is 9.59 Å². The van der Waals surface area contributed by atoms with Gasteiger partial charge in [-0.25, -0.2) is 4.90 Å². The van der Waals surface area contributed by atoms with Gasteiger partial charge in [0.25, 0.3) is 11.8 Å². The smallest absolute Gasteiger partial charge is 0.268 e. The SMILES string of the molecule is N#Cc1ccc(-c2ccc3c(c2)c2ccccc2n3-c2cccc3c2C(=O)N(c2cc(-c4ccccc4)cc(-c4ccccc4)c2)C3=O)c(C#N)c1. The number of carbonyl (C=O) groups excluding carboxylic acids is 2. The lowest BCUT2D eigenvalue weighted by atomic mass is 9.97. The van der Waals surface area contributed by atoms with Gasteiger partial charge < -0.3 is 4.57 Å². The van der Waals surface area contributed by atoms with E-state index in [2.05, 4.69) is 18.2 Å². The molecule has 8 aromatic rings. The molecule has 0 N–H and O–H groups in total. The molecule has 1 aromatic heterocycles. The van der Waals surface area contributed by atoms with Gasteiger partial charge >= 0.3 is 0 Å². The van der Waals surface area contributed by atoms with Gasteiger partial charge in [0.1, 0.15) is 0 Å². The lowest BCUT2D eigenvalue weighted by Gasteiger charge is -2.18. The zero-order valence-corrected chi connectivity index (χ0v) is 27.6. The minimum absolute atomic E-state index is 0.337. The first-order chi connectivity index (χ1) is 25.5. The Bertz CT molecular complexity index is 2800. The molecular formula is C46H26N4O2. The Morgan fingerprint density at radius 3 is 1.83 bits per heavy atom. The zero-order valence-electron chi connectivity index (χ0n) is 27.6. The van der Waals surface area contributed by atoms with Crippen LogP contribution in [0.3, 0.4) is 0 Å². The first kappa shape index (κ1) is 30.5. The average molecular weight is 667 g/mol. The monoisotopic (exact) mass is 666 g/mol. The van der Waals surface area contributed by atoms with Crippen molar-refractivity contribution >= 4 is 39.3 Å². The first-order valence-corrected chi connectivity index (χ1v) is 16.8. The zero-order chi connectivity index (χ0) is 35.3. The van der Waals surface area contributed by atoms with Crippen LogP contribution >= 0.6 is 0 Å². The number of nitrogens with zero attached hydrogens (tertiary/aromatic N) is 4. The van der Waals surface area contributed by atoms with E-state index in [1.165, 1.54) is 4.90 Å². The van der Waals surface area contributed by atoms with Crippen molar-refractivity contribution in [2.24, 2.45) is 0 Å². The van der Waals surface area contributed by atoms with Gasteiger partial charge in [-0.05, 0) is 94.0 Å². The summed E-state index contributed by atoms with van der Waals surface area (Å²) >= 11 is 0. The van der Waals surface area contributed by atoms with Gasteiger partial charge in [-0.1, -0.05) is 97.1 Å². The molecular weight excluding hydrogens is 641 g/mol. The van der Waals surface area contributed by atoms with Crippen LogP contribution in [0.1, 0.15) is 31.8 Å². The number of fused-ring (bicyclic) bond motifs is 4. The van der Waals surface area contributed by atoms with Gasteiger partial charge in [0.15, 0.2) is 0 Å². The number of nitriles is 2. The third kappa shape index (κ3) is 4.79. The van der Waals surface area contributed by atoms with Crippen LogP contribution in [0, 0.1) is 22.7 Å². The molecule has 6 heteroatoms. The third-order valence-corrected chi connectivity index (χ3v) is 9.78. The molecule has 0 bridgehead atoms. The van der Waals surface area contributed by atoms with E-state index in [1.54, 1.807) is 24.3 Å². The van der Waals surface area contributed by atoms with E-state index in [-0.39, 0.29) is 5.91 Å². The molecule has 242 valence electrons. The highest BCUT2D eigenvalue weighted by Gasteiger charge is 2.39. The second-order valence-electron chi connectivity index (χ2n) is 12.7. The van der Waals surface area contributed by atoms with Gasteiger partial charge in [0.05, 0.1) is 56.8 Å². The molecule has 1 aliphatic rings. The molecule has 0 spiro atoms. The molecule has 0 fully saturated rings. The van der Waals surface area contributed by atoms with E-state index in [0.29, 0.717) is 33.6 Å². The number of imide groups is 1. The Labute approximate surface area is 299 Å². The second-order valence-corrected chi connectivity index (χ2v) is 12.7. The molecule has 1 aliphatic heterocycles. The fourth-order valence-electron chi connectivity index (χ4n) is 7.38. The summed E-state index contributed by atoms with van der Waals surface area (Å²) in [5, 5.41) is 21.2. The highest BCUT2D eigenvalue weighted by Crippen LogP contribution is 2.41. The number of benzene rings is 7. The summed E-state index contributed by atoms with van der Waals surface area (Å²) < 4.78 is 2.04. The molecule has 0 saturated heterocycles. The van der Waals surface area contributed by atoms with Crippen molar-refractivity contribution in [1.29, 1.82) is 10.5 Å². The molecule has 0 saturated carbocycles. The van der Waals surface area contributed by atoms with Crippen molar-refractivity contribution in [3.8, 4) is 51.2 Å². The van der Waals surface area contributed by atoms with Gasteiger partial charge in [-0.2, -0.15) is 10.5 Å². The summed E-state index contributed by atoms with van der Waals surface area (Å²) in [5.41, 5.74) is 9.66. The minimum atomic E-state index is -0.390. The maximum Gasteiger partial charge on any atom is 0.268 e. The van der Waals surface area contributed by atoms with Crippen LogP contribution in [0.25, 0.3) is 60.9 Å². The van der Waals surface area contributed by atoms with Crippen LogP contribution in [-0.4, -0.2) is 16.4 Å². The van der Waals surface area contributed by atoms with E-state index in [1.807, 2.05) is 132 Å². The maximum atomic E-state index is 14.7. The standard InChI is InChI=1S/C46H26N4O2/c47-27-29-18-20-37(35(22-29)28-48)32-19-21-42-40(26-32)38-14-7-8-16-41(38)50(42)43-17-9-15-39-44(43)46(52)49(45(39)51)36-24-33(30-10-3-1-4-11-30)23-34(25-36)31-12-5-2-6-13-31/h1-26H. The average Bonchev–Trinajstić information content (AvgIpc) is 3.68. The quantitative estimate of drug-likeness (QED) is 0.171. The molecule has 9 rings (SSSR count). The largest absolute Gasteiger partial charge is 0.308 e. The summed E-state index contributed by atoms with van der Waals surface area (Å²) in [7, 11) is 0. The normalized spacial score (nSPS) is 12.2. The molecule has 0 aliphatic carbocycles. The van der Waals surface area contributed by atoms with E-state index >= 15 is 0 Å². The Morgan fingerprint density at radius 2 is 1.13 bits per heavy atom. The number of hydrogen-bond acceptors (Lipinski definition) is 4. The van der Waals surface area contributed by atoms with Gasteiger partial charge in [0, 0.05) is 10.8 Å². The Hall–Kier alpha value is -7.54. The van der Waals surface area contributed by atoms with Crippen LogP contribution in [-0.2, 0) is 0 Å². The lowest BCUT2D eigenvalue weighted by molar-refractivity contribution is 0.0926. The van der Waals surface area contributed by atoms with Crippen LogP contribution in [0.15, 0.2) is 158 Å². The van der Waals surface area contributed by atoms with Gasteiger partial charge in [-0.3, -0.25) is 9.59 Å². The summed E-state index contributed by atoms with van der Waals surface area (Å²) in [6.07, 6.45) is 0. The van der Waals surface area contributed by atoms with E-state index in [4.69, 9.17) is 0 Å². The predicted molar refractivity (Wildman–Crippen MR) is 204 cm³/mol. The summed E-state index contributed by atoms with van der Waals surface area (Å²) in [6.45, 7) is 0. The fraction of sp³-hybridized carbons (Fsp3) is 0. The molecule has 0 radical (unpaired) electrons. The molecule has 7 aromatic carbocycles. The second kappa shape index (κ2) is 12.1. The van der Waals surface area contributed by atoms with E-state index in [0.717, 1.165) is 55.2 Å². The third-order valence-electron chi connectivity index (χ3n) is 9.78. The number of hydrogen-bond donors (Lipinski definition) is 0. The number of carbonyl (C=O) groups is 2. The van der Waals surface area contributed by atoms with Crippen LogP contribution in [0.2, 0.25) is 0 Å². The van der Waals surface area contributed by atoms with Crippen molar-refractivity contribution in [1.82, 2.24) is 4.57 Å². The van der Waals surface area contributed by atoms with Crippen LogP contribution < -0.4 is 4.90 Å². The number of rotatable bonds is 5. The van der Waals surface area contributed by atoms with Crippen molar-refractivity contribution in [3.63, 3.8) is 0 Å². The molecule has 2 heterocycles. The van der Waals surface area contributed by atoms with Crippen LogP contribution in [0.5, 0.6) is 0 Å². The van der Waals surface area contributed by atoms with Gasteiger partial charge in [-0.15, -0.1) is 0 Å². The predicted octanol–water partition coefficient (Wildman–Crippen LogP) is 10.3. The van der Waals surface area contributed by atoms with E-state index < -0.39 is 5.91 Å². The molecule has 0 atom stereocenters. The molecule has 52 heavy (non-hydrogen) atoms. The van der Waals surface area contributed by atoms with Crippen molar-refractivity contribution in [3.05, 3.63) is 180 Å². The summed E-state index contributed by atoms with van der Waals surface area (Å²) in [6, 6.07) is 54.6. The highest BCUT2D eigenvalue weighted by atomic mass is 16.2. The molecule has 2 amide bonds. The summed E-state index contributed by atoms with van der Waals surface area (Å²) in [4.78, 5) is 30.3. The summed E-state index contributed by atoms with van der Waals surface area (Å²) in [5.74, 6) is -0.766. The molecule has 6 nitrogen and oxygen atoms in total. The number of para-hydroxylation sites is 1. The highest BCUT2D eigenvalue weighted by molar-refractivity contribution is 6.36. The Balaban J connectivity index is 1.21. The fourth-order valence-corrected chi connectivity index (χ4v) is 7.38. The Morgan fingerprint density at radius 1 is 0.462 bits per heavy atom. The number of aromatic nitrogens is 1. The van der Waals surface area contributed by atoms with Crippen LogP contribution in [0.4, 0.5) is 5.69 Å². The van der Waals surface area contributed by atoms with Gasteiger partial charge in [0.2, 0.25) is 0 Å². The Kier molecular flexibility index (Phi) is 7.10. The first-order valence-electron chi connectivity index (χ1n) is 16.8. The minimum Gasteiger partial charge on any atom is -0.308 e. The van der Waals surface area contributed by atoms with Crippen molar-refractivity contribution in [2.75, 3.05) is 4.90 Å². The number of amides is 2. The topological polar surface area (TPSA) is 89.9 Å². The number of anilines is 1. The maximum absolute atomic E-state index is 14.7.